The molecule has 11 nitrogen and oxygen atoms in total. The van der Waals surface area contributed by atoms with Crippen LogP contribution in [0.15, 0.2) is 54.9 Å². The SMILES string of the molecule is CCNC(=O)[C@H](C)NC[C@H](CC(C)C)NC(=O)[C@H](CCc1ccccc1)NC(=O)[C@@H](NC(=O)c1cc[n+]([O-])cc1)C(C)CC. The van der Waals surface area contributed by atoms with E-state index in [2.05, 4.69) is 40.4 Å². The van der Waals surface area contributed by atoms with Crippen LogP contribution in [0.25, 0.3) is 0 Å². The molecule has 0 fully saturated rings. The maximum absolute atomic E-state index is 13.8. The lowest BCUT2D eigenvalue weighted by atomic mass is 9.96. The van der Waals surface area contributed by atoms with E-state index in [1.807, 2.05) is 51.1 Å². The summed E-state index contributed by atoms with van der Waals surface area (Å²) in [7, 11) is 0. The number of rotatable bonds is 18. The van der Waals surface area contributed by atoms with Gasteiger partial charge >= 0.3 is 0 Å². The van der Waals surface area contributed by atoms with Gasteiger partial charge in [0, 0.05) is 31.3 Å². The standard InChI is InChI=1S/C33H50N6O5/c1-7-23(5)29(38-31(41)26-16-18-39(44)19-17-26)33(43)37-28(15-14-25-12-10-9-11-13-25)32(42)36-27(20-22(3)4)21-35-24(6)30(40)34-8-2/h9-13,16-19,22-24,27-29,35H,7-8,14-15,20-21H2,1-6H3,(H,34,40)(H,36,42)(H,37,43)(H,38,41)/t23?,24-,27-,28-,29-/m0/s1. The Bertz CT molecular complexity index is 1190. The van der Waals surface area contributed by atoms with Gasteiger partial charge in [0.1, 0.15) is 12.1 Å². The van der Waals surface area contributed by atoms with Crippen LogP contribution >= 0.6 is 0 Å². The predicted molar refractivity (Wildman–Crippen MR) is 170 cm³/mol. The zero-order chi connectivity index (χ0) is 32.6. The number of likely N-dealkylation sites (N-methyl/N-ethyl adjacent to an activating group) is 1. The topological polar surface area (TPSA) is 155 Å². The fraction of sp³-hybridized carbons (Fsp3) is 0.545. The molecule has 4 amide bonds. The van der Waals surface area contributed by atoms with Gasteiger partial charge in [0.25, 0.3) is 5.91 Å². The molecule has 11 heteroatoms. The van der Waals surface area contributed by atoms with E-state index in [0.29, 0.717) is 43.5 Å². The van der Waals surface area contributed by atoms with Crippen molar-refractivity contribution in [2.24, 2.45) is 11.8 Å². The van der Waals surface area contributed by atoms with Crippen molar-refractivity contribution in [3.05, 3.63) is 71.2 Å². The Balaban J connectivity index is 2.23. The third-order valence-electron chi connectivity index (χ3n) is 7.56. The molecule has 0 aliphatic heterocycles. The van der Waals surface area contributed by atoms with Crippen molar-refractivity contribution in [1.82, 2.24) is 26.6 Å². The van der Waals surface area contributed by atoms with Crippen molar-refractivity contribution >= 4 is 23.6 Å². The maximum atomic E-state index is 13.8. The summed E-state index contributed by atoms with van der Waals surface area (Å²) in [5, 5.41) is 26.2. The molecular formula is C33H50N6O5. The van der Waals surface area contributed by atoms with Crippen molar-refractivity contribution in [3.8, 4) is 0 Å². The summed E-state index contributed by atoms with van der Waals surface area (Å²) in [6.45, 7) is 12.5. The van der Waals surface area contributed by atoms with Crippen molar-refractivity contribution in [3.63, 3.8) is 0 Å². The maximum Gasteiger partial charge on any atom is 0.252 e. The predicted octanol–water partition coefficient (Wildman–Crippen LogP) is 2.23. The fourth-order valence-electron chi connectivity index (χ4n) is 4.78. The monoisotopic (exact) mass is 610 g/mol. The van der Waals surface area contributed by atoms with Gasteiger partial charge in [0.15, 0.2) is 12.4 Å². The van der Waals surface area contributed by atoms with Crippen LogP contribution in [0.4, 0.5) is 0 Å². The minimum atomic E-state index is -0.898. The number of aromatic nitrogens is 1. The molecule has 44 heavy (non-hydrogen) atoms. The Kier molecular flexibility index (Phi) is 15.3. The number of hydrogen-bond acceptors (Lipinski definition) is 6. The lowest BCUT2D eigenvalue weighted by Gasteiger charge is -2.29. The summed E-state index contributed by atoms with van der Waals surface area (Å²) >= 11 is 0. The van der Waals surface area contributed by atoms with Crippen LogP contribution in [0.1, 0.15) is 76.7 Å². The Hall–Kier alpha value is -3.99. The molecule has 2 rings (SSSR count). The molecule has 0 saturated heterocycles. The second-order valence-corrected chi connectivity index (χ2v) is 11.7. The van der Waals surface area contributed by atoms with Crippen molar-refractivity contribution < 1.29 is 23.9 Å². The minimum absolute atomic E-state index is 0.115. The summed E-state index contributed by atoms with van der Waals surface area (Å²) in [5.74, 6) is -1.34. The van der Waals surface area contributed by atoms with E-state index in [1.165, 1.54) is 24.5 Å². The number of nitrogens with one attached hydrogen (secondary N) is 5. The van der Waals surface area contributed by atoms with Crippen molar-refractivity contribution in [2.45, 2.75) is 91.4 Å². The number of amides is 4. The number of pyridine rings is 1. The highest BCUT2D eigenvalue weighted by molar-refractivity contribution is 5.98. The number of benzene rings is 1. The fourth-order valence-corrected chi connectivity index (χ4v) is 4.78. The number of aryl methyl sites for hydroxylation is 1. The van der Waals surface area contributed by atoms with Gasteiger partial charge in [-0.05, 0) is 50.5 Å². The Morgan fingerprint density at radius 3 is 2.09 bits per heavy atom. The van der Waals surface area contributed by atoms with Gasteiger partial charge < -0.3 is 31.8 Å². The van der Waals surface area contributed by atoms with E-state index in [1.54, 1.807) is 6.92 Å². The van der Waals surface area contributed by atoms with Crippen LogP contribution < -0.4 is 31.3 Å². The Labute approximate surface area is 261 Å². The molecule has 1 aromatic heterocycles. The highest BCUT2D eigenvalue weighted by Gasteiger charge is 2.31. The number of carbonyl (C=O) groups excluding carboxylic acids is 4. The van der Waals surface area contributed by atoms with Gasteiger partial charge in [0.05, 0.1) is 11.6 Å². The highest BCUT2D eigenvalue weighted by atomic mass is 16.5. The summed E-state index contributed by atoms with van der Waals surface area (Å²) < 4.78 is 0.578. The van der Waals surface area contributed by atoms with Crippen LogP contribution in [0, 0.1) is 17.0 Å². The molecule has 1 unspecified atom stereocenters. The third-order valence-corrected chi connectivity index (χ3v) is 7.56. The van der Waals surface area contributed by atoms with Crippen LogP contribution in [0.2, 0.25) is 0 Å². The van der Waals surface area contributed by atoms with E-state index in [-0.39, 0.29) is 35.3 Å². The molecule has 5 N–H and O–H groups in total. The summed E-state index contributed by atoms with van der Waals surface area (Å²) in [6.07, 6.45) is 4.63. The van der Waals surface area contributed by atoms with Gasteiger partial charge in [-0.25, -0.2) is 0 Å². The Morgan fingerprint density at radius 2 is 1.50 bits per heavy atom. The molecule has 2 aromatic rings. The summed E-state index contributed by atoms with van der Waals surface area (Å²) in [6, 6.07) is 10.0. The molecule has 1 heterocycles. The van der Waals surface area contributed by atoms with Crippen LogP contribution in [-0.2, 0) is 20.8 Å². The summed E-state index contributed by atoms with van der Waals surface area (Å²) in [4.78, 5) is 52.6. The van der Waals surface area contributed by atoms with Gasteiger partial charge in [-0.2, -0.15) is 4.73 Å². The average Bonchev–Trinajstić information content (AvgIpc) is 3.00. The molecule has 0 aliphatic carbocycles. The number of hydrogen-bond donors (Lipinski definition) is 5. The first-order chi connectivity index (χ1) is 20.9. The zero-order valence-corrected chi connectivity index (χ0v) is 26.9. The molecular weight excluding hydrogens is 560 g/mol. The number of carbonyl (C=O) groups is 4. The van der Waals surface area contributed by atoms with Crippen molar-refractivity contribution in [1.29, 1.82) is 0 Å². The van der Waals surface area contributed by atoms with E-state index in [0.717, 1.165) is 5.56 Å². The molecule has 0 radical (unpaired) electrons. The molecule has 242 valence electrons. The van der Waals surface area contributed by atoms with Gasteiger partial charge in [-0.1, -0.05) is 64.4 Å². The van der Waals surface area contributed by atoms with E-state index >= 15 is 0 Å². The number of nitrogens with zero attached hydrogens (tertiary/aromatic N) is 1. The minimum Gasteiger partial charge on any atom is -0.619 e. The second-order valence-electron chi connectivity index (χ2n) is 11.7. The molecule has 0 spiro atoms. The van der Waals surface area contributed by atoms with E-state index in [4.69, 9.17) is 0 Å². The second kappa shape index (κ2) is 18.6. The molecule has 0 bridgehead atoms. The first kappa shape index (κ1) is 36.2. The summed E-state index contributed by atoms with van der Waals surface area (Å²) in [5.41, 5.74) is 1.28. The lowest BCUT2D eigenvalue weighted by Crippen LogP contribution is -2.57. The lowest BCUT2D eigenvalue weighted by molar-refractivity contribution is -0.605. The van der Waals surface area contributed by atoms with Gasteiger partial charge in [-0.3, -0.25) is 19.2 Å². The third kappa shape index (κ3) is 12.3. The molecule has 0 saturated carbocycles. The largest absolute Gasteiger partial charge is 0.619 e. The Morgan fingerprint density at radius 1 is 0.841 bits per heavy atom. The molecule has 5 atom stereocenters. The van der Waals surface area contributed by atoms with Crippen LogP contribution in [0.5, 0.6) is 0 Å². The molecule has 0 aliphatic rings. The van der Waals surface area contributed by atoms with Gasteiger partial charge in [0.2, 0.25) is 17.7 Å². The molecule has 1 aromatic carbocycles. The van der Waals surface area contributed by atoms with Crippen molar-refractivity contribution in [2.75, 3.05) is 13.1 Å². The normalized spacial score (nSPS) is 14.5. The quantitative estimate of drug-likeness (QED) is 0.129. The van der Waals surface area contributed by atoms with Crippen LogP contribution in [0.3, 0.4) is 0 Å². The average molecular weight is 611 g/mol. The zero-order valence-electron chi connectivity index (χ0n) is 26.9. The first-order valence-corrected chi connectivity index (χ1v) is 15.6. The first-order valence-electron chi connectivity index (χ1n) is 15.6. The highest BCUT2D eigenvalue weighted by Crippen LogP contribution is 2.13. The smallest absolute Gasteiger partial charge is 0.252 e. The van der Waals surface area contributed by atoms with Gasteiger partial charge in [-0.15, -0.1) is 0 Å². The van der Waals surface area contributed by atoms with E-state index in [9.17, 15) is 24.4 Å². The van der Waals surface area contributed by atoms with Crippen LogP contribution in [-0.4, -0.2) is 60.9 Å². The van der Waals surface area contributed by atoms with E-state index < -0.39 is 29.9 Å².